The Morgan fingerprint density at radius 1 is 1.03 bits per heavy atom. The lowest BCUT2D eigenvalue weighted by Crippen LogP contribution is -2.47. The van der Waals surface area contributed by atoms with Gasteiger partial charge in [0.15, 0.2) is 6.04 Å². The van der Waals surface area contributed by atoms with Crippen LogP contribution in [0, 0.1) is 5.82 Å². The number of anilines is 1. The van der Waals surface area contributed by atoms with E-state index >= 15 is 0 Å². The molecule has 0 spiro atoms. The van der Waals surface area contributed by atoms with Crippen LogP contribution in [-0.2, 0) is 4.79 Å². The van der Waals surface area contributed by atoms with Gasteiger partial charge in [0.05, 0.1) is 0 Å². The molecule has 2 aromatic heterocycles. The molecule has 0 bridgehead atoms. The Morgan fingerprint density at radius 3 is 2.45 bits per heavy atom. The minimum absolute atomic E-state index is 0.101. The monoisotopic (exact) mass is 437 g/mol. The maximum Gasteiger partial charge on any atom is 0.277 e. The summed E-state index contributed by atoms with van der Waals surface area (Å²) in [6.07, 6.45) is 6.77. The van der Waals surface area contributed by atoms with Crippen molar-refractivity contribution >= 4 is 28.8 Å². The second-order valence-corrected chi connectivity index (χ2v) is 8.61. The van der Waals surface area contributed by atoms with Gasteiger partial charge in [0, 0.05) is 22.8 Å². The van der Waals surface area contributed by atoms with Crippen LogP contribution in [0.25, 0.3) is 0 Å². The Morgan fingerprint density at radius 2 is 1.81 bits per heavy atom. The average molecular weight is 438 g/mol. The second kappa shape index (κ2) is 9.83. The number of amides is 2. The first kappa shape index (κ1) is 21.2. The molecule has 1 aliphatic rings. The average Bonchev–Trinajstić information content (AvgIpc) is 3.33. The summed E-state index contributed by atoms with van der Waals surface area (Å²) in [6.45, 7) is 0. The molecule has 3 aromatic rings. The molecule has 0 aliphatic heterocycles. The summed E-state index contributed by atoms with van der Waals surface area (Å²) in [5, 5.41) is 5.03. The normalized spacial score (nSPS) is 15.3. The Bertz CT molecular complexity index is 1000. The number of thiophene rings is 1. The number of nitrogens with zero attached hydrogens (tertiary/aromatic N) is 2. The van der Waals surface area contributed by atoms with Crippen LogP contribution in [0.4, 0.5) is 10.1 Å². The van der Waals surface area contributed by atoms with Crippen LogP contribution in [0.3, 0.4) is 0 Å². The Hall–Kier alpha value is -3.06. The van der Waals surface area contributed by atoms with E-state index in [-0.39, 0.29) is 17.6 Å². The quantitative estimate of drug-likeness (QED) is 0.582. The van der Waals surface area contributed by atoms with Gasteiger partial charge in [-0.2, -0.15) is 0 Å². The summed E-state index contributed by atoms with van der Waals surface area (Å²) < 4.78 is 13.6. The van der Waals surface area contributed by atoms with Crippen LogP contribution < -0.4 is 10.2 Å². The molecule has 1 N–H and O–H groups in total. The van der Waals surface area contributed by atoms with Gasteiger partial charge in [-0.05, 0) is 60.7 Å². The first-order valence-electron chi connectivity index (χ1n) is 10.5. The van der Waals surface area contributed by atoms with E-state index in [9.17, 15) is 14.0 Å². The van der Waals surface area contributed by atoms with Crippen molar-refractivity contribution < 1.29 is 14.0 Å². The van der Waals surface area contributed by atoms with E-state index in [0.29, 0.717) is 5.69 Å². The number of halogens is 1. The molecule has 0 saturated heterocycles. The minimum atomic E-state index is -0.873. The molecule has 1 aliphatic carbocycles. The predicted octanol–water partition coefficient (Wildman–Crippen LogP) is 5.12. The van der Waals surface area contributed by atoms with Gasteiger partial charge >= 0.3 is 0 Å². The van der Waals surface area contributed by atoms with E-state index in [0.717, 1.165) is 30.6 Å². The van der Waals surface area contributed by atoms with Gasteiger partial charge in [-0.25, -0.2) is 4.39 Å². The van der Waals surface area contributed by atoms with Crippen molar-refractivity contribution in [2.24, 2.45) is 0 Å². The molecule has 160 valence electrons. The number of carbonyl (C=O) groups is 2. The molecule has 1 atom stereocenters. The molecule has 7 heteroatoms. The van der Waals surface area contributed by atoms with Crippen LogP contribution >= 0.6 is 11.3 Å². The van der Waals surface area contributed by atoms with Gasteiger partial charge in [0.2, 0.25) is 5.91 Å². The van der Waals surface area contributed by atoms with Crippen LogP contribution in [0.15, 0.2) is 66.2 Å². The molecule has 2 amide bonds. The van der Waals surface area contributed by atoms with E-state index in [1.165, 1.54) is 46.9 Å². The van der Waals surface area contributed by atoms with Crippen LogP contribution in [0.1, 0.15) is 53.5 Å². The molecular formula is C24H24FN3O2S. The zero-order valence-corrected chi connectivity index (χ0v) is 17.9. The van der Waals surface area contributed by atoms with Gasteiger partial charge < -0.3 is 5.32 Å². The Kier molecular flexibility index (Phi) is 6.72. The lowest BCUT2D eigenvalue weighted by Gasteiger charge is -2.32. The van der Waals surface area contributed by atoms with Crippen molar-refractivity contribution in [1.29, 1.82) is 0 Å². The minimum Gasteiger partial charge on any atom is -0.351 e. The Balaban J connectivity index is 1.74. The fourth-order valence-corrected chi connectivity index (χ4v) is 4.76. The molecule has 2 heterocycles. The highest BCUT2D eigenvalue weighted by atomic mass is 32.1. The smallest absolute Gasteiger partial charge is 0.277 e. The summed E-state index contributed by atoms with van der Waals surface area (Å²) in [5.74, 6) is -1.05. The maximum absolute atomic E-state index is 13.6. The molecule has 1 saturated carbocycles. The van der Waals surface area contributed by atoms with Crippen molar-refractivity contribution in [3.63, 3.8) is 0 Å². The van der Waals surface area contributed by atoms with Gasteiger partial charge in [0.25, 0.3) is 5.91 Å². The third-order valence-corrected chi connectivity index (χ3v) is 6.40. The maximum atomic E-state index is 13.6. The first-order valence-corrected chi connectivity index (χ1v) is 11.4. The predicted molar refractivity (Wildman–Crippen MR) is 120 cm³/mol. The van der Waals surface area contributed by atoms with Gasteiger partial charge in [-0.3, -0.25) is 19.5 Å². The fraction of sp³-hybridized carbons (Fsp3) is 0.292. The van der Waals surface area contributed by atoms with Crippen LogP contribution in [0.5, 0.6) is 0 Å². The molecular weight excluding hydrogens is 413 g/mol. The number of nitrogens with one attached hydrogen (secondary N) is 1. The zero-order chi connectivity index (χ0) is 21.6. The third kappa shape index (κ3) is 4.99. The third-order valence-electron chi connectivity index (χ3n) is 5.48. The summed E-state index contributed by atoms with van der Waals surface area (Å²) in [5.41, 5.74) is 0.660. The number of rotatable bonds is 6. The van der Waals surface area contributed by atoms with E-state index in [1.807, 2.05) is 17.5 Å². The van der Waals surface area contributed by atoms with Gasteiger partial charge in [-0.15, -0.1) is 11.3 Å². The highest BCUT2D eigenvalue weighted by Crippen LogP contribution is 2.32. The van der Waals surface area contributed by atoms with Crippen molar-refractivity contribution in [3.05, 3.63) is 82.6 Å². The second-order valence-electron chi connectivity index (χ2n) is 7.63. The molecule has 4 rings (SSSR count). The molecule has 1 aromatic carbocycles. The zero-order valence-electron chi connectivity index (χ0n) is 17.0. The van der Waals surface area contributed by atoms with E-state index in [1.54, 1.807) is 24.4 Å². The van der Waals surface area contributed by atoms with Crippen molar-refractivity contribution in [2.75, 3.05) is 4.90 Å². The summed E-state index contributed by atoms with van der Waals surface area (Å²) in [4.78, 5) is 33.4. The number of aromatic nitrogens is 1. The van der Waals surface area contributed by atoms with E-state index < -0.39 is 17.8 Å². The molecule has 31 heavy (non-hydrogen) atoms. The number of benzene rings is 1. The van der Waals surface area contributed by atoms with Crippen LogP contribution in [0.2, 0.25) is 0 Å². The standard InChI is InChI=1S/C24H24FN3O2S/c25-17-11-13-19(14-12-17)28(24(30)20-9-4-5-15-26-20)22(21-10-6-16-31-21)23(29)27-18-7-2-1-3-8-18/h4-6,9-16,18,22H,1-3,7-8H2,(H,27,29)/t22-/m0/s1. The highest BCUT2D eigenvalue weighted by Gasteiger charge is 2.35. The van der Waals surface area contributed by atoms with Crippen molar-refractivity contribution in [2.45, 2.75) is 44.2 Å². The lowest BCUT2D eigenvalue weighted by atomic mass is 9.95. The summed E-state index contributed by atoms with van der Waals surface area (Å²) in [6, 6.07) is 13.6. The largest absolute Gasteiger partial charge is 0.351 e. The molecule has 5 nitrogen and oxygen atoms in total. The highest BCUT2D eigenvalue weighted by molar-refractivity contribution is 7.10. The number of hydrogen-bond donors (Lipinski definition) is 1. The first-order chi connectivity index (χ1) is 15.1. The van der Waals surface area contributed by atoms with E-state index in [2.05, 4.69) is 10.3 Å². The number of pyridine rings is 1. The lowest BCUT2D eigenvalue weighted by molar-refractivity contribution is -0.123. The van der Waals surface area contributed by atoms with Gasteiger partial charge in [-0.1, -0.05) is 31.4 Å². The molecule has 0 unspecified atom stereocenters. The van der Waals surface area contributed by atoms with Gasteiger partial charge in [0.1, 0.15) is 11.5 Å². The van der Waals surface area contributed by atoms with Crippen molar-refractivity contribution in [1.82, 2.24) is 10.3 Å². The number of carbonyl (C=O) groups excluding carboxylic acids is 2. The molecule has 1 fully saturated rings. The van der Waals surface area contributed by atoms with Crippen LogP contribution in [-0.4, -0.2) is 22.8 Å². The number of hydrogen-bond acceptors (Lipinski definition) is 4. The summed E-state index contributed by atoms with van der Waals surface area (Å²) >= 11 is 1.41. The summed E-state index contributed by atoms with van der Waals surface area (Å²) in [7, 11) is 0. The Labute approximate surface area is 184 Å². The van der Waals surface area contributed by atoms with E-state index in [4.69, 9.17) is 0 Å². The topological polar surface area (TPSA) is 62.3 Å². The fourth-order valence-electron chi connectivity index (χ4n) is 3.95. The SMILES string of the molecule is O=C(NC1CCCCC1)[C@H](c1cccs1)N(C(=O)c1ccccn1)c1ccc(F)cc1. The molecule has 0 radical (unpaired) electrons. The van der Waals surface area contributed by atoms with Crippen molar-refractivity contribution in [3.8, 4) is 0 Å².